The summed E-state index contributed by atoms with van der Waals surface area (Å²) in [5, 5.41) is 3.68. The summed E-state index contributed by atoms with van der Waals surface area (Å²) >= 11 is 8.72. The molecule has 0 fully saturated rings. The molecule has 5 nitrogen and oxygen atoms in total. The van der Waals surface area contributed by atoms with Gasteiger partial charge in [-0.2, -0.15) is 0 Å². The molecule has 0 unspecified atom stereocenters. The summed E-state index contributed by atoms with van der Waals surface area (Å²) in [4.78, 5) is 21.8. The number of imidazole rings is 1. The molecule has 0 saturated heterocycles. The predicted molar refractivity (Wildman–Crippen MR) is 85.0 cm³/mol. The van der Waals surface area contributed by atoms with E-state index in [-0.39, 0.29) is 5.91 Å². The fourth-order valence-corrected chi connectivity index (χ4v) is 3.66. The summed E-state index contributed by atoms with van der Waals surface area (Å²) in [6, 6.07) is 3.74. The zero-order chi connectivity index (χ0) is 14.7. The lowest BCUT2D eigenvalue weighted by molar-refractivity contribution is 0.0956. The molecule has 3 aromatic heterocycles. The number of carbonyl (C=O) groups excluding carboxylic acids is 1. The van der Waals surface area contributed by atoms with Gasteiger partial charge < -0.3 is 9.88 Å². The van der Waals surface area contributed by atoms with Crippen LogP contribution in [0.25, 0.3) is 9.88 Å². The van der Waals surface area contributed by atoms with Gasteiger partial charge in [-0.25, -0.2) is 9.97 Å². The monoisotopic (exact) mass is 338 g/mol. The lowest BCUT2D eigenvalue weighted by Crippen LogP contribution is -2.26. The number of carbonyl (C=O) groups is 1. The second-order valence-electron chi connectivity index (χ2n) is 4.19. The Labute approximate surface area is 134 Å². The summed E-state index contributed by atoms with van der Waals surface area (Å²) in [5.74, 6) is -0.110. The lowest BCUT2D eigenvalue weighted by atomic mass is 10.5. The standard InChI is InChI=1S/C13H11ClN4OS2/c14-11-2-1-9(20-11)13-17-7-10(21-13)12(19)16-4-6-18-5-3-15-8-18/h1-3,5,7-8H,4,6H2,(H,16,19). The van der Waals surface area contributed by atoms with Crippen LogP contribution in [0.15, 0.2) is 37.1 Å². The molecule has 8 heteroatoms. The summed E-state index contributed by atoms with van der Waals surface area (Å²) < 4.78 is 2.62. The van der Waals surface area contributed by atoms with Gasteiger partial charge in [-0.3, -0.25) is 4.79 Å². The highest BCUT2D eigenvalue weighted by Crippen LogP contribution is 2.33. The van der Waals surface area contributed by atoms with Crippen LogP contribution < -0.4 is 5.32 Å². The van der Waals surface area contributed by atoms with E-state index in [4.69, 9.17) is 11.6 Å². The molecule has 0 atom stereocenters. The first-order chi connectivity index (χ1) is 10.2. The molecule has 0 bridgehead atoms. The number of hydrogen-bond acceptors (Lipinski definition) is 5. The van der Waals surface area contributed by atoms with Crippen molar-refractivity contribution in [1.82, 2.24) is 19.9 Å². The Morgan fingerprint density at radius 2 is 2.29 bits per heavy atom. The number of nitrogens with one attached hydrogen (secondary N) is 1. The van der Waals surface area contributed by atoms with Crippen molar-refractivity contribution in [3.05, 3.63) is 46.3 Å². The fourth-order valence-electron chi connectivity index (χ4n) is 1.73. The van der Waals surface area contributed by atoms with Crippen LogP contribution in [0.3, 0.4) is 0 Å². The van der Waals surface area contributed by atoms with Crippen molar-refractivity contribution in [2.75, 3.05) is 6.54 Å². The number of halogens is 1. The van der Waals surface area contributed by atoms with Crippen molar-refractivity contribution in [3.8, 4) is 9.88 Å². The molecule has 0 aromatic carbocycles. The van der Waals surface area contributed by atoms with Crippen LogP contribution in [-0.2, 0) is 6.54 Å². The number of thiazole rings is 1. The minimum atomic E-state index is -0.110. The lowest BCUT2D eigenvalue weighted by Gasteiger charge is -2.03. The van der Waals surface area contributed by atoms with E-state index in [9.17, 15) is 4.79 Å². The van der Waals surface area contributed by atoms with Crippen molar-refractivity contribution < 1.29 is 4.79 Å². The highest BCUT2D eigenvalue weighted by atomic mass is 35.5. The number of amides is 1. The second-order valence-corrected chi connectivity index (χ2v) is 6.94. The normalized spacial score (nSPS) is 10.7. The largest absolute Gasteiger partial charge is 0.349 e. The Morgan fingerprint density at radius 3 is 3.00 bits per heavy atom. The average Bonchev–Trinajstić information content (AvgIpc) is 3.19. The topological polar surface area (TPSA) is 59.8 Å². The van der Waals surface area contributed by atoms with Gasteiger partial charge in [0.05, 0.1) is 21.7 Å². The number of hydrogen-bond donors (Lipinski definition) is 1. The third-order valence-electron chi connectivity index (χ3n) is 2.73. The SMILES string of the molecule is O=C(NCCn1ccnc1)c1cnc(-c2ccc(Cl)s2)s1. The molecule has 108 valence electrons. The van der Waals surface area contributed by atoms with E-state index in [2.05, 4.69) is 15.3 Å². The second kappa shape index (κ2) is 6.38. The zero-order valence-electron chi connectivity index (χ0n) is 10.8. The van der Waals surface area contributed by atoms with E-state index in [0.29, 0.717) is 22.3 Å². The molecule has 0 radical (unpaired) electrons. The average molecular weight is 339 g/mol. The van der Waals surface area contributed by atoms with E-state index < -0.39 is 0 Å². The highest BCUT2D eigenvalue weighted by Gasteiger charge is 2.12. The van der Waals surface area contributed by atoms with Gasteiger partial charge in [0.15, 0.2) is 0 Å². The van der Waals surface area contributed by atoms with Crippen molar-refractivity contribution in [2.45, 2.75) is 6.54 Å². The van der Waals surface area contributed by atoms with Crippen LogP contribution in [0.4, 0.5) is 0 Å². The minimum Gasteiger partial charge on any atom is -0.349 e. The fraction of sp³-hybridized carbons (Fsp3) is 0.154. The Bertz CT molecular complexity index is 735. The summed E-state index contributed by atoms with van der Waals surface area (Å²) in [5.41, 5.74) is 0. The Kier molecular flexibility index (Phi) is 4.33. The van der Waals surface area contributed by atoms with Crippen LogP contribution in [0.1, 0.15) is 9.67 Å². The maximum absolute atomic E-state index is 12.0. The summed E-state index contributed by atoms with van der Waals surface area (Å²) in [7, 11) is 0. The molecule has 3 aromatic rings. The Morgan fingerprint density at radius 1 is 1.38 bits per heavy atom. The van der Waals surface area contributed by atoms with Gasteiger partial charge in [-0.1, -0.05) is 11.6 Å². The molecule has 0 aliphatic rings. The van der Waals surface area contributed by atoms with Gasteiger partial charge in [-0.15, -0.1) is 22.7 Å². The first-order valence-electron chi connectivity index (χ1n) is 6.18. The zero-order valence-corrected chi connectivity index (χ0v) is 13.2. The molecule has 0 aliphatic carbocycles. The third kappa shape index (κ3) is 3.49. The molecule has 3 rings (SSSR count). The number of rotatable bonds is 5. The molecular weight excluding hydrogens is 328 g/mol. The van der Waals surface area contributed by atoms with Gasteiger partial charge >= 0.3 is 0 Å². The van der Waals surface area contributed by atoms with E-state index in [1.165, 1.54) is 22.7 Å². The number of aromatic nitrogens is 3. The molecule has 0 saturated carbocycles. The van der Waals surface area contributed by atoms with Crippen molar-refractivity contribution in [1.29, 1.82) is 0 Å². The first kappa shape index (κ1) is 14.2. The van der Waals surface area contributed by atoms with E-state index >= 15 is 0 Å². The molecule has 3 heterocycles. The van der Waals surface area contributed by atoms with Crippen LogP contribution in [-0.4, -0.2) is 27.0 Å². The molecule has 1 N–H and O–H groups in total. The Balaban J connectivity index is 1.59. The van der Waals surface area contributed by atoms with Gasteiger partial charge in [-0.05, 0) is 12.1 Å². The van der Waals surface area contributed by atoms with Crippen molar-refractivity contribution in [2.24, 2.45) is 0 Å². The van der Waals surface area contributed by atoms with Gasteiger partial charge in [0.2, 0.25) is 0 Å². The number of nitrogens with zero attached hydrogens (tertiary/aromatic N) is 3. The quantitative estimate of drug-likeness (QED) is 0.777. The first-order valence-corrected chi connectivity index (χ1v) is 8.19. The maximum atomic E-state index is 12.0. The van der Waals surface area contributed by atoms with Gasteiger partial charge in [0.1, 0.15) is 9.88 Å². The van der Waals surface area contributed by atoms with E-state index in [1.807, 2.05) is 22.9 Å². The highest BCUT2D eigenvalue weighted by molar-refractivity contribution is 7.24. The van der Waals surface area contributed by atoms with Crippen LogP contribution >= 0.6 is 34.3 Å². The molecule has 0 aliphatic heterocycles. The maximum Gasteiger partial charge on any atom is 0.263 e. The summed E-state index contributed by atoms with van der Waals surface area (Å²) in [6.07, 6.45) is 6.89. The van der Waals surface area contributed by atoms with E-state index in [0.717, 1.165) is 9.88 Å². The summed E-state index contributed by atoms with van der Waals surface area (Å²) in [6.45, 7) is 1.24. The van der Waals surface area contributed by atoms with Crippen LogP contribution in [0, 0.1) is 0 Å². The van der Waals surface area contributed by atoms with Crippen LogP contribution in [0.2, 0.25) is 4.34 Å². The van der Waals surface area contributed by atoms with Crippen molar-refractivity contribution in [3.63, 3.8) is 0 Å². The van der Waals surface area contributed by atoms with Gasteiger partial charge in [0.25, 0.3) is 5.91 Å². The van der Waals surface area contributed by atoms with Gasteiger partial charge in [0, 0.05) is 25.5 Å². The molecule has 0 spiro atoms. The molecular formula is C13H11ClN4OS2. The third-order valence-corrected chi connectivity index (χ3v) is 5.12. The predicted octanol–water partition coefficient (Wildman–Crippen LogP) is 3.15. The molecule has 1 amide bonds. The van der Waals surface area contributed by atoms with E-state index in [1.54, 1.807) is 18.7 Å². The Hall–Kier alpha value is -1.70. The minimum absolute atomic E-state index is 0.110. The smallest absolute Gasteiger partial charge is 0.263 e. The molecule has 21 heavy (non-hydrogen) atoms. The van der Waals surface area contributed by atoms with Crippen molar-refractivity contribution >= 4 is 40.2 Å². The van der Waals surface area contributed by atoms with Crippen LogP contribution in [0.5, 0.6) is 0 Å². The number of thiophene rings is 1.